The average Bonchev–Trinajstić information content (AvgIpc) is 2.45. The van der Waals surface area contributed by atoms with Crippen LogP contribution in [0.2, 0.25) is 0 Å². The number of hydrogen-bond donors (Lipinski definition) is 2. The maximum atomic E-state index is 11.2. The Morgan fingerprint density at radius 2 is 2.40 bits per heavy atom. The van der Waals surface area contributed by atoms with Gasteiger partial charge >= 0.3 is 5.69 Å². The molecule has 2 heterocycles. The Labute approximate surface area is 114 Å². The fraction of sp³-hybridized carbons (Fsp3) is 0.500. The number of aromatic nitrogens is 2. The second-order valence-electron chi connectivity index (χ2n) is 4.14. The highest BCUT2D eigenvalue weighted by molar-refractivity contribution is 5.62. The Morgan fingerprint density at radius 3 is 3.00 bits per heavy atom. The third kappa shape index (κ3) is 2.58. The van der Waals surface area contributed by atoms with Gasteiger partial charge in [0, 0.05) is 6.54 Å². The van der Waals surface area contributed by atoms with Crippen LogP contribution < -0.4 is 16.2 Å². The highest BCUT2D eigenvalue weighted by Gasteiger charge is 2.30. The van der Waals surface area contributed by atoms with Gasteiger partial charge in [-0.15, -0.1) is 0 Å². The summed E-state index contributed by atoms with van der Waals surface area (Å²) >= 11 is 0. The van der Waals surface area contributed by atoms with Crippen molar-refractivity contribution in [2.45, 2.75) is 13.0 Å². The van der Waals surface area contributed by atoms with E-state index in [1.54, 1.807) is 4.90 Å². The number of hydrogen-bond acceptors (Lipinski definition) is 9. The first-order valence-electron chi connectivity index (χ1n) is 5.82. The zero-order valence-corrected chi connectivity index (χ0v) is 10.7. The number of ether oxygens (including phenoxy) is 1. The molecule has 1 aromatic heterocycles. The van der Waals surface area contributed by atoms with Gasteiger partial charge in [-0.25, -0.2) is 10.8 Å². The van der Waals surface area contributed by atoms with Gasteiger partial charge in [-0.1, -0.05) is 0 Å². The van der Waals surface area contributed by atoms with E-state index in [9.17, 15) is 10.1 Å². The number of nitrogens with one attached hydrogen (secondary N) is 1. The standard InChI is InChI=1S/C10H13N7O3/c1-6-8(17(18)19)9(14-10(13-6)15-12)16-2-3-20-7(4-11)5-16/h7H,2-3,5,12H2,1H3,(H,13,14,15). The van der Waals surface area contributed by atoms with Crippen molar-refractivity contribution in [1.29, 1.82) is 5.26 Å². The maximum absolute atomic E-state index is 11.2. The second kappa shape index (κ2) is 5.64. The molecular weight excluding hydrogens is 266 g/mol. The molecular formula is C10H13N7O3. The SMILES string of the molecule is Cc1nc(NN)nc(N2CCOC(C#N)C2)c1[N+](=O)[O-]. The van der Waals surface area contributed by atoms with Crippen LogP contribution in [0.5, 0.6) is 0 Å². The Morgan fingerprint density at radius 1 is 1.65 bits per heavy atom. The molecule has 0 saturated carbocycles. The summed E-state index contributed by atoms with van der Waals surface area (Å²) in [6.07, 6.45) is -0.645. The zero-order valence-electron chi connectivity index (χ0n) is 10.7. The molecule has 1 aliphatic rings. The van der Waals surface area contributed by atoms with Gasteiger partial charge < -0.3 is 9.64 Å². The molecule has 10 nitrogen and oxygen atoms in total. The molecule has 0 radical (unpaired) electrons. The molecule has 0 bridgehead atoms. The zero-order chi connectivity index (χ0) is 14.7. The first-order valence-corrected chi connectivity index (χ1v) is 5.82. The van der Waals surface area contributed by atoms with Gasteiger partial charge in [0.05, 0.1) is 24.1 Å². The fourth-order valence-electron chi connectivity index (χ4n) is 1.97. The molecule has 1 aliphatic heterocycles. The van der Waals surface area contributed by atoms with Crippen molar-refractivity contribution in [2.75, 3.05) is 30.0 Å². The maximum Gasteiger partial charge on any atom is 0.332 e. The monoisotopic (exact) mass is 279 g/mol. The molecule has 0 aromatic carbocycles. The topological polar surface area (TPSA) is 143 Å². The highest BCUT2D eigenvalue weighted by Crippen LogP contribution is 2.30. The summed E-state index contributed by atoms with van der Waals surface area (Å²) in [6, 6.07) is 1.98. The molecule has 1 saturated heterocycles. The summed E-state index contributed by atoms with van der Waals surface area (Å²) in [5.41, 5.74) is 2.28. The molecule has 0 spiro atoms. The molecule has 2 rings (SSSR count). The number of rotatable bonds is 3. The van der Waals surface area contributed by atoms with Gasteiger partial charge in [-0.3, -0.25) is 15.5 Å². The summed E-state index contributed by atoms with van der Waals surface area (Å²) < 4.78 is 5.21. The van der Waals surface area contributed by atoms with Gasteiger partial charge in [-0.2, -0.15) is 10.2 Å². The number of morpholine rings is 1. The number of nitriles is 1. The first kappa shape index (κ1) is 13.9. The number of hydrazine groups is 1. The van der Waals surface area contributed by atoms with Crippen LogP contribution in [0.25, 0.3) is 0 Å². The minimum Gasteiger partial charge on any atom is -0.360 e. The first-order chi connectivity index (χ1) is 9.56. The smallest absolute Gasteiger partial charge is 0.332 e. The normalized spacial score (nSPS) is 18.4. The second-order valence-corrected chi connectivity index (χ2v) is 4.14. The minimum absolute atomic E-state index is 0.0862. The van der Waals surface area contributed by atoms with Crippen LogP contribution in [-0.4, -0.2) is 40.7 Å². The van der Waals surface area contributed by atoms with E-state index in [0.717, 1.165) is 0 Å². The molecule has 1 unspecified atom stereocenters. The number of anilines is 2. The van der Waals surface area contributed by atoms with Crippen molar-refractivity contribution in [1.82, 2.24) is 9.97 Å². The van der Waals surface area contributed by atoms with Crippen molar-refractivity contribution in [3.8, 4) is 6.07 Å². The minimum atomic E-state index is -0.645. The van der Waals surface area contributed by atoms with Gasteiger partial charge in [0.25, 0.3) is 0 Å². The third-order valence-electron chi connectivity index (χ3n) is 2.86. The van der Waals surface area contributed by atoms with E-state index in [0.29, 0.717) is 13.2 Å². The summed E-state index contributed by atoms with van der Waals surface area (Å²) in [6.45, 7) is 2.41. The largest absolute Gasteiger partial charge is 0.360 e. The van der Waals surface area contributed by atoms with Gasteiger partial charge in [-0.05, 0) is 6.92 Å². The fourth-order valence-corrected chi connectivity index (χ4v) is 1.97. The molecule has 0 amide bonds. The molecule has 3 N–H and O–H groups in total. The van der Waals surface area contributed by atoms with Gasteiger partial charge in [0.2, 0.25) is 11.8 Å². The van der Waals surface area contributed by atoms with Crippen LogP contribution in [0.15, 0.2) is 0 Å². The number of nitrogens with zero attached hydrogens (tertiary/aromatic N) is 5. The number of aryl methyl sites for hydroxylation is 1. The van der Waals surface area contributed by atoms with Crippen molar-refractivity contribution in [3.05, 3.63) is 15.8 Å². The Kier molecular flexibility index (Phi) is 3.92. The lowest BCUT2D eigenvalue weighted by molar-refractivity contribution is -0.385. The van der Waals surface area contributed by atoms with E-state index in [1.165, 1.54) is 6.92 Å². The van der Waals surface area contributed by atoms with E-state index in [2.05, 4.69) is 15.4 Å². The lowest BCUT2D eigenvalue weighted by Gasteiger charge is -2.30. The van der Waals surface area contributed by atoms with Crippen molar-refractivity contribution in [2.24, 2.45) is 5.84 Å². The molecule has 10 heteroatoms. The lowest BCUT2D eigenvalue weighted by atomic mass is 10.2. The predicted molar refractivity (Wildman–Crippen MR) is 68.8 cm³/mol. The van der Waals surface area contributed by atoms with E-state index in [-0.39, 0.29) is 29.7 Å². The molecule has 0 aliphatic carbocycles. The lowest BCUT2D eigenvalue weighted by Crippen LogP contribution is -2.42. The molecule has 1 aromatic rings. The van der Waals surface area contributed by atoms with Crippen LogP contribution in [0.1, 0.15) is 5.69 Å². The number of nitrogen functional groups attached to an aromatic ring is 1. The molecule has 1 fully saturated rings. The van der Waals surface area contributed by atoms with Crippen molar-refractivity contribution in [3.63, 3.8) is 0 Å². The summed E-state index contributed by atoms with van der Waals surface area (Å²) in [5.74, 6) is 5.48. The van der Waals surface area contributed by atoms with Gasteiger partial charge in [0.15, 0.2) is 6.10 Å². The molecule has 20 heavy (non-hydrogen) atoms. The van der Waals surface area contributed by atoms with E-state index in [1.807, 2.05) is 6.07 Å². The van der Waals surface area contributed by atoms with Crippen LogP contribution in [-0.2, 0) is 4.74 Å². The molecule has 1 atom stereocenters. The van der Waals surface area contributed by atoms with Gasteiger partial charge in [0.1, 0.15) is 5.69 Å². The summed E-state index contributed by atoms with van der Waals surface area (Å²) in [7, 11) is 0. The van der Waals surface area contributed by atoms with Crippen LogP contribution in [0.3, 0.4) is 0 Å². The van der Waals surface area contributed by atoms with E-state index >= 15 is 0 Å². The Balaban J connectivity index is 2.45. The highest BCUT2D eigenvalue weighted by atomic mass is 16.6. The van der Waals surface area contributed by atoms with Crippen LogP contribution in [0.4, 0.5) is 17.5 Å². The van der Waals surface area contributed by atoms with Crippen molar-refractivity contribution < 1.29 is 9.66 Å². The van der Waals surface area contributed by atoms with E-state index in [4.69, 9.17) is 15.8 Å². The average molecular weight is 279 g/mol. The Bertz CT molecular complexity index is 571. The number of nitrogens with two attached hydrogens (primary N) is 1. The van der Waals surface area contributed by atoms with Crippen molar-refractivity contribution >= 4 is 17.5 Å². The predicted octanol–water partition coefficient (Wildman–Crippen LogP) is -0.292. The van der Waals surface area contributed by atoms with E-state index < -0.39 is 11.0 Å². The Hall–Kier alpha value is -2.51. The van der Waals surface area contributed by atoms with Crippen LogP contribution >= 0.6 is 0 Å². The number of nitro groups is 1. The van der Waals surface area contributed by atoms with Crippen LogP contribution in [0, 0.1) is 28.4 Å². The third-order valence-corrected chi connectivity index (χ3v) is 2.86. The summed E-state index contributed by atoms with van der Waals surface area (Å²) in [4.78, 5) is 20.2. The molecule has 106 valence electrons. The summed E-state index contributed by atoms with van der Waals surface area (Å²) in [5, 5.41) is 20.1. The quantitative estimate of drug-likeness (QED) is 0.433.